The van der Waals surface area contributed by atoms with Crippen LogP contribution in [0.1, 0.15) is 48.8 Å². The Bertz CT molecular complexity index is 1270. The zero-order valence-electron chi connectivity index (χ0n) is 24.4. The first-order chi connectivity index (χ1) is 19.5. The second kappa shape index (κ2) is 15.2. The Morgan fingerprint density at radius 2 is 1.63 bits per heavy atom. The predicted octanol–water partition coefficient (Wildman–Crippen LogP) is 5.45. The normalized spacial score (nSPS) is 11.2. The minimum Gasteiger partial charge on any atom is -0.444 e. The van der Waals surface area contributed by atoms with Crippen molar-refractivity contribution >= 4 is 40.7 Å². The van der Waals surface area contributed by atoms with E-state index in [2.05, 4.69) is 25.8 Å². The summed E-state index contributed by atoms with van der Waals surface area (Å²) in [5.74, 6) is -0.413. The van der Waals surface area contributed by atoms with Gasteiger partial charge in [-0.25, -0.2) is 9.59 Å². The van der Waals surface area contributed by atoms with Gasteiger partial charge < -0.3 is 25.2 Å². The van der Waals surface area contributed by atoms with Crippen LogP contribution < -0.4 is 16.0 Å². The fourth-order valence-electron chi connectivity index (χ4n) is 3.86. The van der Waals surface area contributed by atoms with Crippen LogP contribution in [-0.4, -0.2) is 72.1 Å². The molecule has 10 nitrogen and oxygen atoms in total. The molecule has 0 aliphatic heterocycles. The largest absolute Gasteiger partial charge is 0.444 e. The molecule has 220 valence electrons. The molecule has 4 amide bonds. The smallest absolute Gasteiger partial charge is 0.412 e. The molecule has 3 aromatic rings. The van der Waals surface area contributed by atoms with Crippen molar-refractivity contribution in [2.45, 2.75) is 45.8 Å². The number of urea groups is 1. The minimum atomic E-state index is -0.639. The molecule has 0 bridgehead atoms. The lowest BCUT2D eigenvalue weighted by Gasteiger charge is -2.24. The van der Waals surface area contributed by atoms with Gasteiger partial charge in [0, 0.05) is 36.6 Å². The number of amides is 4. The van der Waals surface area contributed by atoms with Gasteiger partial charge in [-0.05, 0) is 71.4 Å². The van der Waals surface area contributed by atoms with Gasteiger partial charge in [-0.1, -0.05) is 36.4 Å². The summed E-state index contributed by atoms with van der Waals surface area (Å²) in [5, 5.41) is 11.9. The van der Waals surface area contributed by atoms with E-state index in [9.17, 15) is 14.4 Å². The highest BCUT2D eigenvalue weighted by molar-refractivity contribution is 7.09. The first kappa shape index (κ1) is 31.6. The fourth-order valence-corrected chi connectivity index (χ4v) is 4.58. The van der Waals surface area contributed by atoms with Gasteiger partial charge >= 0.3 is 12.1 Å². The van der Waals surface area contributed by atoms with E-state index < -0.39 is 17.6 Å². The van der Waals surface area contributed by atoms with Crippen molar-refractivity contribution in [1.82, 2.24) is 20.1 Å². The van der Waals surface area contributed by atoms with E-state index in [4.69, 9.17) is 4.74 Å². The summed E-state index contributed by atoms with van der Waals surface area (Å²) in [6, 6.07) is 13.3. The lowest BCUT2D eigenvalue weighted by molar-refractivity contribution is 0.0635. The number of benzene rings is 1. The number of rotatable bonds is 12. The number of aromatic nitrogens is 1. The van der Waals surface area contributed by atoms with E-state index in [1.807, 2.05) is 44.4 Å². The van der Waals surface area contributed by atoms with E-state index in [0.29, 0.717) is 31.0 Å². The van der Waals surface area contributed by atoms with Crippen molar-refractivity contribution in [1.29, 1.82) is 0 Å². The molecular formula is C30H40N6O4S. The first-order valence-electron chi connectivity index (χ1n) is 13.5. The number of hydrogen-bond donors (Lipinski definition) is 3. The van der Waals surface area contributed by atoms with Gasteiger partial charge in [0.15, 0.2) is 0 Å². The van der Waals surface area contributed by atoms with E-state index in [1.54, 1.807) is 54.8 Å². The van der Waals surface area contributed by atoms with Crippen LogP contribution in [0.15, 0.2) is 59.4 Å². The van der Waals surface area contributed by atoms with Gasteiger partial charge in [-0.2, -0.15) is 0 Å². The maximum absolute atomic E-state index is 13.0. The molecule has 3 rings (SSSR count). The van der Waals surface area contributed by atoms with Crippen molar-refractivity contribution in [3.05, 3.63) is 76.2 Å². The molecule has 0 saturated heterocycles. The minimum absolute atomic E-state index is 0.135. The van der Waals surface area contributed by atoms with Crippen molar-refractivity contribution in [3.63, 3.8) is 0 Å². The Kier molecular flexibility index (Phi) is 11.7. The number of nitrogens with zero attached hydrogens (tertiary/aromatic N) is 3. The maximum Gasteiger partial charge on any atom is 0.412 e. The Hall–Kier alpha value is -3.96. The summed E-state index contributed by atoms with van der Waals surface area (Å²) in [7, 11) is 4.01. The number of pyridine rings is 1. The highest BCUT2D eigenvalue weighted by Crippen LogP contribution is 2.27. The number of anilines is 2. The van der Waals surface area contributed by atoms with Gasteiger partial charge in [0.1, 0.15) is 11.3 Å². The fraction of sp³-hybridized carbons (Fsp3) is 0.400. The number of thiophene rings is 1. The number of ether oxygens (including phenoxy) is 1. The summed E-state index contributed by atoms with van der Waals surface area (Å²) >= 11 is 1.34. The second-order valence-corrected chi connectivity index (χ2v) is 11.6. The third-order valence-electron chi connectivity index (χ3n) is 5.83. The van der Waals surface area contributed by atoms with Crippen molar-refractivity contribution in [3.8, 4) is 0 Å². The van der Waals surface area contributed by atoms with Gasteiger partial charge in [0.2, 0.25) is 0 Å². The second-order valence-electron chi connectivity index (χ2n) is 10.9. The van der Waals surface area contributed by atoms with Gasteiger partial charge in [0.05, 0.1) is 11.4 Å². The summed E-state index contributed by atoms with van der Waals surface area (Å²) in [6.45, 7) is 7.69. The average Bonchev–Trinajstić information content (AvgIpc) is 3.33. The highest BCUT2D eigenvalue weighted by atomic mass is 32.1. The zero-order valence-corrected chi connectivity index (χ0v) is 25.2. The van der Waals surface area contributed by atoms with Crippen LogP contribution >= 0.6 is 11.3 Å². The van der Waals surface area contributed by atoms with Crippen LogP contribution in [0.5, 0.6) is 0 Å². The van der Waals surface area contributed by atoms with Crippen molar-refractivity contribution < 1.29 is 19.1 Å². The third-order valence-corrected chi connectivity index (χ3v) is 6.57. The lowest BCUT2D eigenvalue weighted by atomic mass is 10.1. The molecule has 0 radical (unpaired) electrons. The zero-order chi connectivity index (χ0) is 29.8. The molecule has 3 N–H and O–H groups in total. The first-order valence-corrected chi connectivity index (χ1v) is 14.5. The van der Waals surface area contributed by atoms with Crippen molar-refractivity contribution in [2.75, 3.05) is 44.4 Å². The molecule has 0 atom stereocenters. The van der Waals surface area contributed by atoms with Crippen LogP contribution in [0.3, 0.4) is 0 Å². The Labute approximate surface area is 246 Å². The molecule has 0 aliphatic rings. The van der Waals surface area contributed by atoms with E-state index in [0.717, 1.165) is 24.9 Å². The topological polar surface area (TPSA) is 116 Å². The Morgan fingerprint density at radius 1 is 0.927 bits per heavy atom. The van der Waals surface area contributed by atoms with Crippen LogP contribution in [0.25, 0.3) is 0 Å². The lowest BCUT2D eigenvalue weighted by Crippen LogP contribution is -2.41. The van der Waals surface area contributed by atoms with Gasteiger partial charge in [0.25, 0.3) is 5.91 Å². The quantitative estimate of drug-likeness (QED) is 0.262. The molecule has 11 heteroatoms. The molecule has 2 aromatic heterocycles. The molecule has 0 spiro atoms. The van der Waals surface area contributed by atoms with Crippen LogP contribution in [0.4, 0.5) is 21.0 Å². The molecule has 0 aliphatic carbocycles. The van der Waals surface area contributed by atoms with E-state index in [-0.39, 0.29) is 11.7 Å². The number of nitrogens with one attached hydrogen (secondary N) is 3. The molecular weight excluding hydrogens is 540 g/mol. The Balaban J connectivity index is 1.59. The predicted molar refractivity (Wildman–Crippen MR) is 163 cm³/mol. The molecule has 0 unspecified atom stereocenters. The summed E-state index contributed by atoms with van der Waals surface area (Å²) in [5.41, 5.74) is 2.46. The third kappa shape index (κ3) is 11.2. The van der Waals surface area contributed by atoms with Crippen LogP contribution in [0, 0.1) is 0 Å². The van der Waals surface area contributed by atoms with E-state index in [1.165, 1.54) is 16.9 Å². The van der Waals surface area contributed by atoms with Crippen LogP contribution in [0.2, 0.25) is 0 Å². The molecule has 2 heterocycles. The number of hydrogen-bond acceptors (Lipinski definition) is 7. The standard InChI is InChI=1S/C30H40N6O4S/c1-30(2,3)40-29(39)34-26-21-41-20-25(26)33-27(37)24-13-12-23(18-32-24)19-36(17-9-16-35(4)5)28(38)31-15-14-22-10-7-6-8-11-22/h6-8,10-13,18,20-21H,9,14-17,19H2,1-5H3,(H,31,38)(H,33,37)(H,34,39). The summed E-state index contributed by atoms with van der Waals surface area (Å²) in [4.78, 5) is 46.2. The molecule has 41 heavy (non-hydrogen) atoms. The average molecular weight is 581 g/mol. The molecule has 1 aromatic carbocycles. The molecule has 0 saturated carbocycles. The highest BCUT2D eigenvalue weighted by Gasteiger charge is 2.19. The van der Waals surface area contributed by atoms with E-state index >= 15 is 0 Å². The van der Waals surface area contributed by atoms with Crippen LogP contribution in [-0.2, 0) is 17.7 Å². The SMILES string of the molecule is CN(C)CCCN(Cc1ccc(C(=O)Nc2cscc2NC(=O)OC(C)(C)C)nc1)C(=O)NCCc1ccccc1. The summed E-state index contributed by atoms with van der Waals surface area (Å²) in [6.07, 6.45) is 2.59. The van der Waals surface area contributed by atoms with Gasteiger partial charge in [-0.3, -0.25) is 15.1 Å². The number of carbonyl (C=O) groups excluding carboxylic acids is 3. The monoisotopic (exact) mass is 580 g/mol. The maximum atomic E-state index is 13.0. The molecule has 0 fully saturated rings. The van der Waals surface area contributed by atoms with Gasteiger partial charge in [-0.15, -0.1) is 11.3 Å². The summed E-state index contributed by atoms with van der Waals surface area (Å²) < 4.78 is 5.29. The Morgan fingerprint density at radius 3 is 2.27 bits per heavy atom. The van der Waals surface area contributed by atoms with Crippen molar-refractivity contribution in [2.24, 2.45) is 0 Å². The number of carbonyl (C=O) groups is 3.